The predicted molar refractivity (Wildman–Crippen MR) is 85.3 cm³/mol. The predicted octanol–water partition coefficient (Wildman–Crippen LogP) is 3.78. The van der Waals surface area contributed by atoms with Gasteiger partial charge in [0, 0.05) is 12.3 Å². The smallest absolute Gasteiger partial charge is 0.306 e. The molecule has 128 valence electrons. The van der Waals surface area contributed by atoms with Crippen LogP contribution in [0, 0.1) is 23.7 Å². The van der Waals surface area contributed by atoms with Crippen molar-refractivity contribution in [3.05, 3.63) is 0 Å². The second kappa shape index (κ2) is 6.88. The standard InChI is InChI=1S/C18H32O4/c1-11-7-8-15(19)21-16(11)12(2)9-13(3)17-14(4)10-20-18(5,6)22-17/h11-14,16-17H,7-10H2,1-6H3/t11-,12-,13-,14-,16+,17+/m1/s1. The van der Waals surface area contributed by atoms with Gasteiger partial charge in [-0.2, -0.15) is 0 Å². The monoisotopic (exact) mass is 312 g/mol. The summed E-state index contributed by atoms with van der Waals surface area (Å²) in [7, 11) is 0. The van der Waals surface area contributed by atoms with Gasteiger partial charge >= 0.3 is 5.97 Å². The molecule has 6 atom stereocenters. The van der Waals surface area contributed by atoms with Gasteiger partial charge < -0.3 is 14.2 Å². The van der Waals surface area contributed by atoms with Crippen molar-refractivity contribution in [1.29, 1.82) is 0 Å². The van der Waals surface area contributed by atoms with Crippen molar-refractivity contribution in [1.82, 2.24) is 0 Å². The Morgan fingerprint density at radius 3 is 2.45 bits per heavy atom. The maximum Gasteiger partial charge on any atom is 0.306 e. The highest BCUT2D eigenvalue weighted by Gasteiger charge is 2.39. The zero-order chi connectivity index (χ0) is 16.5. The van der Waals surface area contributed by atoms with E-state index in [0.717, 1.165) is 19.4 Å². The quantitative estimate of drug-likeness (QED) is 0.741. The summed E-state index contributed by atoms with van der Waals surface area (Å²) < 4.78 is 17.5. The molecule has 2 saturated heterocycles. The first-order chi connectivity index (χ1) is 10.2. The van der Waals surface area contributed by atoms with Crippen LogP contribution in [0.3, 0.4) is 0 Å². The largest absolute Gasteiger partial charge is 0.462 e. The van der Waals surface area contributed by atoms with Crippen molar-refractivity contribution in [2.45, 2.75) is 78.8 Å². The second-order valence-electron chi connectivity index (χ2n) is 7.93. The van der Waals surface area contributed by atoms with E-state index in [0.29, 0.717) is 30.1 Å². The normalized spacial score (nSPS) is 38.2. The average Bonchev–Trinajstić information content (AvgIpc) is 2.44. The minimum atomic E-state index is -0.501. The van der Waals surface area contributed by atoms with Crippen LogP contribution in [0.25, 0.3) is 0 Å². The van der Waals surface area contributed by atoms with Gasteiger partial charge in [-0.3, -0.25) is 4.79 Å². The van der Waals surface area contributed by atoms with Crippen LogP contribution in [0.4, 0.5) is 0 Å². The Balaban J connectivity index is 1.95. The van der Waals surface area contributed by atoms with Crippen LogP contribution in [0.1, 0.15) is 60.8 Å². The molecule has 2 aliphatic heterocycles. The van der Waals surface area contributed by atoms with Gasteiger partial charge in [0.05, 0.1) is 12.7 Å². The van der Waals surface area contributed by atoms with Crippen LogP contribution < -0.4 is 0 Å². The summed E-state index contributed by atoms with van der Waals surface area (Å²) in [5.74, 6) is 1.07. The third-order valence-electron chi connectivity index (χ3n) is 5.17. The molecule has 4 nitrogen and oxygen atoms in total. The van der Waals surface area contributed by atoms with Crippen molar-refractivity contribution in [2.75, 3.05) is 6.61 Å². The zero-order valence-electron chi connectivity index (χ0n) is 14.9. The lowest BCUT2D eigenvalue weighted by Gasteiger charge is -2.43. The number of hydrogen-bond acceptors (Lipinski definition) is 4. The number of ether oxygens (including phenoxy) is 3. The maximum atomic E-state index is 11.6. The van der Waals surface area contributed by atoms with E-state index in [9.17, 15) is 4.79 Å². The molecule has 0 aromatic heterocycles. The van der Waals surface area contributed by atoms with Crippen molar-refractivity contribution in [2.24, 2.45) is 23.7 Å². The van der Waals surface area contributed by atoms with Crippen LogP contribution in [-0.4, -0.2) is 30.6 Å². The first kappa shape index (κ1) is 17.7. The summed E-state index contributed by atoms with van der Waals surface area (Å²) >= 11 is 0. The molecule has 0 aromatic rings. The van der Waals surface area contributed by atoms with Crippen LogP contribution in [0.5, 0.6) is 0 Å². The summed E-state index contributed by atoms with van der Waals surface area (Å²) in [6.07, 6.45) is 2.76. The molecule has 0 bridgehead atoms. The molecule has 2 aliphatic rings. The highest BCUT2D eigenvalue weighted by molar-refractivity contribution is 5.70. The molecule has 0 aromatic carbocycles. The van der Waals surface area contributed by atoms with E-state index in [2.05, 4.69) is 27.7 Å². The minimum Gasteiger partial charge on any atom is -0.462 e. The van der Waals surface area contributed by atoms with Crippen molar-refractivity contribution in [3.8, 4) is 0 Å². The van der Waals surface area contributed by atoms with Crippen LogP contribution in [0.15, 0.2) is 0 Å². The number of carbonyl (C=O) groups excluding carboxylic acids is 1. The summed E-state index contributed by atoms with van der Waals surface area (Å²) in [5, 5.41) is 0. The SMILES string of the molecule is C[C@@H]1CCC(=O)O[C@@H]1[C@H](C)C[C@@H](C)[C@@H]1OC(C)(C)OC[C@H]1C. The molecule has 2 heterocycles. The molecular weight excluding hydrogens is 280 g/mol. The van der Waals surface area contributed by atoms with E-state index in [4.69, 9.17) is 14.2 Å². The molecule has 0 spiro atoms. The van der Waals surface area contributed by atoms with Gasteiger partial charge in [-0.1, -0.05) is 27.7 Å². The molecular formula is C18H32O4. The summed E-state index contributed by atoms with van der Waals surface area (Å²) in [5.41, 5.74) is 0. The van der Waals surface area contributed by atoms with Gasteiger partial charge in [-0.05, 0) is 44.4 Å². The van der Waals surface area contributed by atoms with E-state index < -0.39 is 5.79 Å². The van der Waals surface area contributed by atoms with E-state index >= 15 is 0 Å². The first-order valence-corrected chi connectivity index (χ1v) is 8.71. The molecule has 0 unspecified atom stereocenters. The number of rotatable bonds is 4. The molecule has 22 heavy (non-hydrogen) atoms. The minimum absolute atomic E-state index is 0.0422. The fraction of sp³-hybridized carbons (Fsp3) is 0.944. The summed E-state index contributed by atoms with van der Waals surface area (Å²) in [6, 6.07) is 0. The second-order valence-corrected chi connectivity index (χ2v) is 7.93. The Labute approximate surface area is 134 Å². The molecule has 0 radical (unpaired) electrons. The van der Waals surface area contributed by atoms with Gasteiger partial charge in [-0.25, -0.2) is 0 Å². The Morgan fingerprint density at radius 2 is 1.77 bits per heavy atom. The Kier molecular flexibility index (Phi) is 5.54. The molecule has 0 N–H and O–H groups in total. The number of esters is 1. The third-order valence-corrected chi connectivity index (χ3v) is 5.17. The highest BCUT2D eigenvalue weighted by atomic mass is 16.7. The summed E-state index contributed by atoms with van der Waals surface area (Å²) in [6.45, 7) is 13.5. The topological polar surface area (TPSA) is 44.8 Å². The Bertz CT molecular complexity index is 393. The molecule has 2 fully saturated rings. The molecule has 4 heteroatoms. The lowest BCUT2D eigenvalue weighted by molar-refractivity contribution is -0.300. The average molecular weight is 312 g/mol. The van der Waals surface area contributed by atoms with Gasteiger partial charge in [0.15, 0.2) is 5.79 Å². The van der Waals surface area contributed by atoms with Crippen LogP contribution in [-0.2, 0) is 19.0 Å². The molecule has 0 aliphatic carbocycles. The van der Waals surface area contributed by atoms with E-state index in [-0.39, 0.29) is 18.2 Å². The first-order valence-electron chi connectivity index (χ1n) is 8.71. The number of cyclic esters (lactones) is 1. The van der Waals surface area contributed by atoms with E-state index in [1.807, 2.05) is 13.8 Å². The van der Waals surface area contributed by atoms with Crippen molar-refractivity contribution < 1.29 is 19.0 Å². The number of carbonyl (C=O) groups is 1. The van der Waals surface area contributed by atoms with E-state index in [1.54, 1.807) is 0 Å². The molecule has 0 saturated carbocycles. The fourth-order valence-electron chi connectivity index (χ4n) is 3.95. The van der Waals surface area contributed by atoms with Gasteiger partial charge in [0.25, 0.3) is 0 Å². The van der Waals surface area contributed by atoms with Crippen molar-refractivity contribution >= 4 is 5.97 Å². The Hall–Kier alpha value is -0.610. The van der Waals surface area contributed by atoms with Crippen molar-refractivity contribution in [3.63, 3.8) is 0 Å². The Morgan fingerprint density at radius 1 is 1.14 bits per heavy atom. The fourth-order valence-corrected chi connectivity index (χ4v) is 3.95. The van der Waals surface area contributed by atoms with Gasteiger partial charge in [-0.15, -0.1) is 0 Å². The highest BCUT2D eigenvalue weighted by Crippen LogP contribution is 2.35. The number of hydrogen-bond donors (Lipinski definition) is 0. The maximum absolute atomic E-state index is 11.6. The lowest BCUT2D eigenvalue weighted by Crippen LogP contribution is -2.48. The lowest BCUT2D eigenvalue weighted by atomic mass is 9.80. The van der Waals surface area contributed by atoms with Crippen LogP contribution >= 0.6 is 0 Å². The van der Waals surface area contributed by atoms with E-state index in [1.165, 1.54) is 0 Å². The zero-order valence-corrected chi connectivity index (χ0v) is 14.9. The molecule has 0 amide bonds. The summed E-state index contributed by atoms with van der Waals surface area (Å²) in [4.78, 5) is 11.6. The van der Waals surface area contributed by atoms with Gasteiger partial charge in [0.1, 0.15) is 6.10 Å². The molecule has 2 rings (SSSR count). The van der Waals surface area contributed by atoms with Crippen LogP contribution in [0.2, 0.25) is 0 Å². The third kappa shape index (κ3) is 4.23. The van der Waals surface area contributed by atoms with Gasteiger partial charge in [0.2, 0.25) is 0 Å².